The fraction of sp³-hybridized carbons (Fsp3) is 0.625. The van der Waals surface area contributed by atoms with E-state index in [1.54, 1.807) is 12.1 Å². The lowest BCUT2D eigenvalue weighted by molar-refractivity contribution is -0.161. The standard InChI is InChI=1S/C24H30O8/c1-24-9-8-15-14-5-3-13(32-23(31)22(30)21(29)20(28)18(26)11-25)10-12(14)2-4-16(15)17(24)6-7-19(24)27/h3,5,10-11,15-18,20-22,26,28-30H,2,4,6-9H2,1H3/t15-,16-,17+,18+,20-,21+,22+,24+/m1/s1. The van der Waals surface area contributed by atoms with Crippen molar-refractivity contribution >= 4 is 18.0 Å². The Morgan fingerprint density at radius 1 is 1.12 bits per heavy atom. The van der Waals surface area contributed by atoms with Crippen LogP contribution in [0.5, 0.6) is 5.75 Å². The lowest BCUT2D eigenvalue weighted by Crippen LogP contribution is -2.49. The Morgan fingerprint density at radius 3 is 2.59 bits per heavy atom. The molecule has 0 saturated heterocycles. The predicted octanol–water partition coefficient (Wildman–Crippen LogP) is 0.660. The first-order chi connectivity index (χ1) is 15.2. The normalized spacial score (nSPS) is 32.7. The van der Waals surface area contributed by atoms with Crippen molar-refractivity contribution in [3.8, 4) is 5.75 Å². The van der Waals surface area contributed by atoms with E-state index in [-0.39, 0.29) is 17.5 Å². The second-order valence-electron chi connectivity index (χ2n) is 9.67. The van der Waals surface area contributed by atoms with Crippen molar-refractivity contribution in [1.82, 2.24) is 0 Å². The fourth-order valence-corrected chi connectivity index (χ4v) is 6.18. The number of carbonyl (C=O) groups is 3. The first kappa shape index (κ1) is 23.0. The molecule has 8 atom stereocenters. The van der Waals surface area contributed by atoms with Crippen LogP contribution in [0.4, 0.5) is 0 Å². The monoisotopic (exact) mass is 446 g/mol. The van der Waals surface area contributed by atoms with E-state index < -0.39 is 30.4 Å². The number of benzene rings is 1. The smallest absolute Gasteiger partial charge is 0.343 e. The molecule has 174 valence electrons. The summed E-state index contributed by atoms with van der Waals surface area (Å²) >= 11 is 0. The number of aliphatic hydroxyl groups is 4. The Morgan fingerprint density at radius 2 is 1.88 bits per heavy atom. The van der Waals surface area contributed by atoms with E-state index in [4.69, 9.17) is 4.74 Å². The molecule has 8 nitrogen and oxygen atoms in total. The predicted molar refractivity (Wildman–Crippen MR) is 112 cm³/mol. The highest BCUT2D eigenvalue weighted by Crippen LogP contribution is 2.59. The number of fused-ring (bicyclic) bond motifs is 5. The number of ketones is 1. The van der Waals surface area contributed by atoms with Crippen LogP contribution in [0.2, 0.25) is 0 Å². The zero-order valence-corrected chi connectivity index (χ0v) is 18.0. The molecule has 32 heavy (non-hydrogen) atoms. The third kappa shape index (κ3) is 3.79. The third-order valence-electron chi connectivity index (χ3n) is 8.03. The molecule has 3 aliphatic rings. The van der Waals surface area contributed by atoms with Crippen LogP contribution in [-0.2, 0) is 20.8 Å². The lowest BCUT2D eigenvalue weighted by atomic mass is 9.55. The molecule has 1 aromatic rings. The maximum atomic E-state index is 12.5. The average Bonchev–Trinajstić information content (AvgIpc) is 3.11. The largest absolute Gasteiger partial charge is 0.425 e. The van der Waals surface area contributed by atoms with Crippen molar-refractivity contribution < 1.29 is 39.5 Å². The van der Waals surface area contributed by atoms with Crippen molar-refractivity contribution in [2.75, 3.05) is 0 Å². The maximum absolute atomic E-state index is 12.5. The Labute approximate surface area is 186 Å². The number of hydrogen-bond acceptors (Lipinski definition) is 8. The molecule has 2 saturated carbocycles. The van der Waals surface area contributed by atoms with Crippen molar-refractivity contribution in [2.24, 2.45) is 17.3 Å². The van der Waals surface area contributed by atoms with Gasteiger partial charge >= 0.3 is 5.97 Å². The summed E-state index contributed by atoms with van der Waals surface area (Å²) in [6.07, 6.45) is -2.89. The zero-order chi connectivity index (χ0) is 23.2. The highest BCUT2D eigenvalue weighted by atomic mass is 16.6. The minimum Gasteiger partial charge on any atom is -0.425 e. The van der Waals surface area contributed by atoms with Crippen molar-refractivity contribution in [2.45, 2.75) is 75.8 Å². The second-order valence-corrected chi connectivity index (χ2v) is 9.67. The van der Waals surface area contributed by atoms with E-state index in [0.29, 0.717) is 30.0 Å². The number of aryl methyl sites for hydroxylation is 1. The summed E-state index contributed by atoms with van der Waals surface area (Å²) in [5, 5.41) is 38.7. The topological polar surface area (TPSA) is 141 Å². The van der Waals surface area contributed by atoms with E-state index in [1.165, 1.54) is 5.56 Å². The van der Waals surface area contributed by atoms with Gasteiger partial charge in [-0.15, -0.1) is 0 Å². The summed E-state index contributed by atoms with van der Waals surface area (Å²) in [5.74, 6) is 0.690. The van der Waals surface area contributed by atoms with Gasteiger partial charge in [0.05, 0.1) is 0 Å². The molecule has 0 aliphatic heterocycles. The molecule has 1 aromatic carbocycles. The number of ether oxygens (including phenoxy) is 1. The van der Waals surface area contributed by atoms with E-state index in [1.807, 2.05) is 6.07 Å². The summed E-state index contributed by atoms with van der Waals surface area (Å²) < 4.78 is 5.19. The SMILES string of the molecule is C[C@]12CC[C@@H]3c4ccc(OC(=O)[C@@H](O)[C@@H](O)[C@H](O)[C@@H](O)C=O)cc4CC[C@H]3[C@@H]1CCC2=O. The summed E-state index contributed by atoms with van der Waals surface area (Å²) in [7, 11) is 0. The molecule has 0 radical (unpaired) electrons. The molecule has 0 amide bonds. The Hall–Kier alpha value is -2.13. The average molecular weight is 446 g/mol. The molecule has 4 rings (SSSR count). The fourth-order valence-electron chi connectivity index (χ4n) is 6.18. The van der Waals surface area contributed by atoms with Gasteiger partial charge in [0, 0.05) is 11.8 Å². The first-order valence-corrected chi connectivity index (χ1v) is 11.2. The quantitative estimate of drug-likeness (QED) is 0.284. The Bertz CT molecular complexity index is 913. The number of aldehydes is 1. The van der Waals surface area contributed by atoms with E-state index in [2.05, 4.69) is 6.92 Å². The van der Waals surface area contributed by atoms with Gasteiger partial charge in [-0.05, 0) is 73.1 Å². The number of hydrogen-bond donors (Lipinski definition) is 4. The highest BCUT2D eigenvalue weighted by molar-refractivity contribution is 5.87. The summed E-state index contributed by atoms with van der Waals surface area (Å²) in [6.45, 7) is 2.13. The van der Waals surface area contributed by atoms with Crippen LogP contribution in [0.25, 0.3) is 0 Å². The van der Waals surface area contributed by atoms with Crippen LogP contribution in [0.15, 0.2) is 18.2 Å². The Kier molecular flexibility index (Phi) is 6.24. The summed E-state index contributed by atoms with van der Waals surface area (Å²) in [5.41, 5.74) is 2.09. The van der Waals surface area contributed by atoms with Gasteiger partial charge < -0.3 is 30.0 Å². The van der Waals surface area contributed by atoms with Crippen LogP contribution in [0.3, 0.4) is 0 Å². The first-order valence-electron chi connectivity index (χ1n) is 11.2. The zero-order valence-electron chi connectivity index (χ0n) is 18.0. The van der Waals surface area contributed by atoms with Crippen LogP contribution >= 0.6 is 0 Å². The third-order valence-corrected chi connectivity index (χ3v) is 8.03. The summed E-state index contributed by atoms with van der Waals surface area (Å²) in [6, 6.07) is 5.33. The van der Waals surface area contributed by atoms with Crippen LogP contribution in [-0.4, -0.2) is 62.9 Å². The van der Waals surface area contributed by atoms with Crippen molar-refractivity contribution in [3.63, 3.8) is 0 Å². The molecule has 0 unspecified atom stereocenters. The van der Waals surface area contributed by atoms with E-state index in [9.17, 15) is 34.8 Å². The minimum absolute atomic E-state index is 0.00198. The van der Waals surface area contributed by atoms with Gasteiger partial charge in [-0.2, -0.15) is 0 Å². The molecular formula is C24H30O8. The van der Waals surface area contributed by atoms with E-state index >= 15 is 0 Å². The van der Waals surface area contributed by atoms with Gasteiger partial charge in [0.25, 0.3) is 0 Å². The Balaban J connectivity index is 1.46. The van der Waals surface area contributed by atoms with Crippen molar-refractivity contribution in [3.05, 3.63) is 29.3 Å². The van der Waals surface area contributed by atoms with E-state index in [0.717, 1.165) is 37.7 Å². The van der Waals surface area contributed by atoms with Crippen LogP contribution in [0.1, 0.15) is 56.1 Å². The van der Waals surface area contributed by atoms with Gasteiger partial charge in [0.1, 0.15) is 29.8 Å². The number of carbonyl (C=O) groups excluding carboxylic acids is 3. The molecule has 0 aromatic heterocycles. The van der Waals surface area contributed by atoms with Gasteiger partial charge in [-0.1, -0.05) is 13.0 Å². The molecule has 8 heteroatoms. The number of Topliss-reactive ketones (excluding diaryl/α,β-unsaturated/α-hetero) is 1. The lowest BCUT2D eigenvalue weighted by Gasteiger charge is -2.48. The molecule has 0 spiro atoms. The molecule has 2 fully saturated rings. The van der Waals surface area contributed by atoms with Crippen LogP contribution in [0, 0.1) is 17.3 Å². The number of aliphatic hydroxyl groups excluding tert-OH is 4. The van der Waals surface area contributed by atoms with Gasteiger partial charge in [-0.25, -0.2) is 4.79 Å². The second kappa shape index (κ2) is 8.67. The maximum Gasteiger partial charge on any atom is 0.343 e. The van der Waals surface area contributed by atoms with Crippen LogP contribution < -0.4 is 4.74 Å². The number of rotatable bonds is 6. The minimum atomic E-state index is -2.13. The van der Waals surface area contributed by atoms with Crippen molar-refractivity contribution in [1.29, 1.82) is 0 Å². The van der Waals surface area contributed by atoms with Gasteiger partial charge in [0.15, 0.2) is 12.4 Å². The molecule has 3 aliphatic carbocycles. The molecule has 4 N–H and O–H groups in total. The highest BCUT2D eigenvalue weighted by Gasteiger charge is 2.54. The van der Waals surface area contributed by atoms with Gasteiger partial charge in [-0.3, -0.25) is 4.79 Å². The molecule has 0 heterocycles. The number of esters is 1. The van der Waals surface area contributed by atoms with Gasteiger partial charge in [0.2, 0.25) is 0 Å². The summed E-state index contributed by atoms with van der Waals surface area (Å²) in [4.78, 5) is 35.2. The molecule has 0 bridgehead atoms. The molecular weight excluding hydrogens is 416 g/mol.